The summed E-state index contributed by atoms with van der Waals surface area (Å²) in [5.41, 5.74) is -0.956. The molecular weight excluding hydrogens is 260 g/mol. The molecule has 0 aliphatic rings. The van der Waals surface area contributed by atoms with Crippen molar-refractivity contribution >= 4 is 23.4 Å². The number of halogens is 1. The van der Waals surface area contributed by atoms with E-state index in [1.54, 1.807) is 6.92 Å². The number of aliphatic hydroxyl groups excluding tert-OH is 2. The van der Waals surface area contributed by atoms with E-state index in [1.165, 1.54) is 6.07 Å². The minimum atomic E-state index is -1.12. The molecule has 1 aromatic rings. The second-order valence-electron chi connectivity index (χ2n) is 3.93. The van der Waals surface area contributed by atoms with Gasteiger partial charge in [0.25, 0.3) is 0 Å². The molecule has 0 aliphatic heterocycles. The molecule has 0 saturated carbocycles. The van der Waals surface area contributed by atoms with Crippen molar-refractivity contribution in [2.24, 2.45) is 0 Å². The lowest BCUT2D eigenvalue weighted by atomic mass is 9.98. The number of carbonyl (C=O) groups is 1. The Morgan fingerprint density at radius 3 is 2.50 bits per heavy atom. The smallest absolute Gasteiger partial charge is 0.337 e. The van der Waals surface area contributed by atoms with Crippen molar-refractivity contribution in [3.8, 4) is 0 Å². The number of carboxylic acid groups (broad SMARTS) is 1. The fourth-order valence-electron chi connectivity index (χ4n) is 1.34. The fraction of sp³-hybridized carbons (Fsp3) is 0.455. The van der Waals surface area contributed by atoms with E-state index in [4.69, 9.17) is 16.7 Å². The number of anilines is 1. The van der Waals surface area contributed by atoms with Crippen molar-refractivity contribution in [3.05, 3.63) is 22.8 Å². The second kappa shape index (κ2) is 5.99. The number of pyridine rings is 1. The summed E-state index contributed by atoms with van der Waals surface area (Å²) in [5.74, 6) is -0.895. The summed E-state index contributed by atoms with van der Waals surface area (Å²) in [4.78, 5) is 14.6. The lowest BCUT2D eigenvalue weighted by Crippen LogP contribution is -2.45. The maximum atomic E-state index is 10.7. The van der Waals surface area contributed by atoms with Crippen LogP contribution in [0.1, 0.15) is 23.7 Å². The predicted molar refractivity (Wildman–Crippen MR) is 67.0 cm³/mol. The molecule has 1 aromatic heterocycles. The number of nitrogens with one attached hydrogen (secondary N) is 1. The molecular formula is C11H15ClN2O4. The SMILES string of the molecule is CCC(CO)(CO)Nc1ncc(C(=O)O)cc1Cl. The van der Waals surface area contributed by atoms with Crippen LogP contribution in [0, 0.1) is 0 Å². The van der Waals surface area contributed by atoms with Crippen molar-refractivity contribution in [2.75, 3.05) is 18.5 Å². The first-order valence-corrected chi connectivity index (χ1v) is 5.74. The highest BCUT2D eigenvalue weighted by Gasteiger charge is 2.27. The van der Waals surface area contributed by atoms with Crippen LogP contribution in [0.25, 0.3) is 0 Å². The van der Waals surface area contributed by atoms with Crippen molar-refractivity contribution in [1.29, 1.82) is 0 Å². The highest BCUT2D eigenvalue weighted by molar-refractivity contribution is 6.33. The Bertz CT molecular complexity index is 427. The van der Waals surface area contributed by atoms with E-state index >= 15 is 0 Å². The van der Waals surface area contributed by atoms with E-state index in [2.05, 4.69) is 10.3 Å². The maximum Gasteiger partial charge on any atom is 0.337 e. The molecule has 1 heterocycles. The lowest BCUT2D eigenvalue weighted by Gasteiger charge is -2.30. The molecule has 0 fully saturated rings. The summed E-state index contributed by atoms with van der Waals surface area (Å²) >= 11 is 5.90. The minimum absolute atomic E-state index is 0.0272. The molecule has 0 spiro atoms. The van der Waals surface area contributed by atoms with Crippen LogP contribution in [0.4, 0.5) is 5.82 Å². The molecule has 1 rings (SSSR count). The van der Waals surface area contributed by atoms with Gasteiger partial charge < -0.3 is 20.6 Å². The average Bonchev–Trinajstić information content (AvgIpc) is 2.38. The molecule has 0 bridgehead atoms. The van der Waals surface area contributed by atoms with Crippen LogP contribution in [0.2, 0.25) is 5.02 Å². The number of aromatic nitrogens is 1. The predicted octanol–water partition coefficient (Wildman–Crippen LogP) is 0.978. The molecule has 4 N–H and O–H groups in total. The third-order valence-electron chi connectivity index (χ3n) is 2.75. The van der Waals surface area contributed by atoms with E-state index < -0.39 is 11.5 Å². The van der Waals surface area contributed by atoms with Gasteiger partial charge in [-0.2, -0.15) is 0 Å². The van der Waals surface area contributed by atoms with E-state index in [0.29, 0.717) is 6.42 Å². The standard InChI is InChI=1S/C11H15ClN2O4/c1-2-11(5-15,6-16)14-9-8(12)3-7(4-13-9)10(17)18/h3-4,15-16H,2,5-6H2,1H3,(H,13,14)(H,17,18). The second-order valence-corrected chi connectivity index (χ2v) is 4.34. The van der Waals surface area contributed by atoms with Crippen LogP contribution in [0.5, 0.6) is 0 Å². The van der Waals surface area contributed by atoms with Gasteiger partial charge in [-0.15, -0.1) is 0 Å². The fourth-order valence-corrected chi connectivity index (χ4v) is 1.55. The molecule has 0 atom stereocenters. The molecule has 100 valence electrons. The molecule has 7 heteroatoms. The van der Waals surface area contributed by atoms with Crippen LogP contribution in [0.3, 0.4) is 0 Å². The van der Waals surface area contributed by atoms with E-state index in [1.807, 2.05) is 0 Å². The number of aliphatic hydroxyl groups is 2. The Morgan fingerprint density at radius 2 is 2.11 bits per heavy atom. The van der Waals surface area contributed by atoms with E-state index in [-0.39, 0.29) is 29.6 Å². The molecule has 18 heavy (non-hydrogen) atoms. The summed E-state index contributed by atoms with van der Waals surface area (Å²) in [5, 5.41) is 30.3. The average molecular weight is 275 g/mol. The van der Waals surface area contributed by atoms with Gasteiger partial charge in [-0.1, -0.05) is 18.5 Å². The van der Waals surface area contributed by atoms with Gasteiger partial charge >= 0.3 is 5.97 Å². The molecule has 0 radical (unpaired) electrons. The third kappa shape index (κ3) is 3.10. The zero-order valence-electron chi connectivity index (χ0n) is 9.85. The van der Waals surface area contributed by atoms with E-state index in [9.17, 15) is 15.0 Å². The van der Waals surface area contributed by atoms with Crippen LogP contribution < -0.4 is 5.32 Å². The number of hydrogen-bond acceptors (Lipinski definition) is 5. The molecule has 0 unspecified atom stereocenters. The van der Waals surface area contributed by atoms with Gasteiger partial charge in [0, 0.05) is 6.20 Å². The van der Waals surface area contributed by atoms with E-state index in [0.717, 1.165) is 6.20 Å². The number of aromatic carboxylic acids is 1. The molecule has 0 aliphatic carbocycles. The number of rotatable bonds is 6. The van der Waals surface area contributed by atoms with Crippen LogP contribution in [-0.4, -0.2) is 45.0 Å². The topological polar surface area (TPSA) is 103 Å². The molecule has 0 aromatic carbocycles. The van der Waals surface area contributed by atoms with Crippen molar-refractivity contribution < 1.29 is 20.1 Å². The monoisotopic (exact) mass is 274 g/mol. The molecule has 6 nitrogen and oxygen atoms in total. The van der Waals surface area contributed by atoms with Gasteiger partial charge in [0.1, 0.15) is 5.82 Å². The van der Waals surface area contributed by atoms with Gasteiger partial charge in [0.15, 0.2) is 0 Å². The van der Waals surface area contributed by atoms with Gasteiger partial charge in [-0.3, -0.25) is 0 Å². The Kier molecular flexibility index (Phi) is 4.89. The highest BCUT2D eigenvalue weighted by Crippen LogP contribution is 2.24. The van der Waals surface area contributed by atoms with Gasteiger partial charge in [0.05, 0.1) is 29.3 Å². The first kappa shape index (κ1) is 14.7. The van der Waals surface area contributed by atoms with Crippen molar-refractivity contribution in [2.45, 2.75) is 18.9 Å². The van der Waals surface area contributed by atoms with Gasteiger partial charge in [-0.05, 0) is 12.5 Å². The Balaban J connectivity index is 3.01. The highest BCUT2D eigenvalue weighted by atomic mass is 35.5. The van der Waals surface area contributed by atoms with Gasteiger partial charge in [0.2, 0.25) is 0 Å². The minimum Gasteiger partial charge on any atom is -0.478 e. The first-order valence-electron chi connectivity index (χ1n) is 5.36. The lowest BCUT2D eigenvalue weighted by molar-refractivity contribution is 0.0696. The maximum absolute atomic E-state index is 10.7. The largest absolute Gasteiger partial charge is 0.478 e. The Hall–Kier alpha value is -1.37. The molecule has 0 amide bonds. The summed E-state index contributed by atoms with van der Waals surface area (Å²) in [7, 11) is 0. The zero-order valence-corrected chi connectivity index (χ0v) is 10.6. The Morgan fingerprint density at radius 1 is 1.50 bits per heavy atom. The summed E-state index contributed by atoms with van der Waals surface area (Å²) < 4.78 is 0. The number of hydrogen-bond donors (Lipinski definition) is 4. The third-order valence-corrected chi connectivity index (χ3v) is 3.04. The van der Waals surface area contributed by atoms with Crippen LogP contribution >= 0.6 is 11.6 Å². The van der Waals surface area contributed by atoms with Crippen molar-refractivity contribution in [3.63, 3.8) is 0 Å². The number of carboxylic acids is 1. The first-order chi connectivity index (χ1) is 8.48. The van der Waals surface area contributed by atoms with Crippen LogP contribution in [0.15, 0.2) is 12.3 Å². The normalized spacial score (nSPS) is 11.3. The summed E-state index contributed by atoms with van der Waals surface area (Å²) in [6, 6.07) is 1.26. The summed E-state index contributed by atoms with van der Waals surface area (Å²) in [6.07, 6.45) is 1.62. The van der Waals surface area contributed by atoms with Gasteiger partial charge in [-0.25, -0.2) is 9.78 Å². The quantitative estimate of drug-likeness (QED) is 0.617. The molecule has 0 saturated heterocycles. The van der Waals surface area contributed by atoms with Crippen LogP contribution in [-0.2, 0) is 0 Å². The van der Waals surface area contributed by atoms with Crippen molar-refractivity contribution in [1.82, 2.24) is 4.98 Å². The zero-order chi connectivity index (χ0) is 13.8. The summed E-state index contributed by atoms with van der Waals surface area (Å²) in [6.45, 7) is 1.20. The number of nitrogens with zero attached hydrogens (tertiary/aromatic N) is 1. The Labute approximate surface area is 109 Å².